The van der Waals surface area contributed by atoms with Gasteiger partial charge in [0.15, 0.2) is 0 Å². The van der Waals surface area contributed by atoms with E-state index in [4.69, 9.17) is 5.73 Å². The topological polar surface area (TPSA) is 55.1 Å². The highest BCUT2D eigenvalue weighted by atomic mass is 16.2. The van der Waals surface area contributed by atoms with Crippen LogP contribution in [-0.2, 0) is 4.79 Å². The summed E-state index contributed by atoms with van der Waals surface area (Å²) in [5.41, 5.74) is 5.88. The van der Waals surface area contributed by atoms with Crippen molar-refractivity contribution in [1.29, 1.82) is 0 Å². The average Bonchev–Trinajstić information content (AvgIpc) is 2.32. The number of carbonyl (C=O) groups excluding carboxylic acids is 1. The molecule has 0 bridgehead atoms. The molecule has 0 aromatic carbocycles. The lowest BCUT2D eigenvalue weighted by Gasteiger charge is -2.21. The van der Waals surface area contributed by atoms with Crippen molar-refractivity contribution < 1.29 is 4.79 Å². The quantitative estimate of drug-likeness (QED) is 0.611. The summed E-state index contributed by atoms with van der Waals surface area (Å²) in [5, 5.41) is 3.01. The predicted octanol–water partition coefficient (Wildman–Crippen LogP) is 2.83. The standard InChI is InChI=1S/C14H30N2O/c1-5-7-8-9-10-12(4)16-14(17)13(15)11(3)6-2/h11-13H,5-10,15H2,1-4H3,(H,16,17). The van der Waals surface area contributed by atoms with Gasteiger partial charge in [0.2, 0.25) is 5.91 Å². The lowest BCUT2D eigenvalue weighted by Crippen LogP contribution is -2.47. The van der Waals surface area contributed by atoms with Gasteiger partial charge in [0.05, 0.1) is 6.04 Å². The highest BCUT2D eigenvalue weighted by Crippen LogP contribution is 2.08. The van der Waals surface area contributed by atoms with Gasteiger partial charge in [-0.15, -0.1) is 0 Å². The van der Waals surface area contributed by atoms with Crippen LogP contribution in [-0.4, -0.2) is 18.0 Å². The van der Waals surface area contributed by atoms with Crippen LogP contribution in [0.4, 0.5) is 0 Å². The SMILES string of the molecule is CCCCCCC(C)NC(=O)C(N)C(C)CC. The lowest BCUT2D eigenvalue weighted by atomic mass is 9.99. The van der Waals surface area contributed by atoms with E-state index >= 15 is 0 Å². The minimum Gasteiger partial charge on any atom is -0.352 e. The van der Waals surface area contributed by atoms with Gasteiger partial charge in [0.25, 0.3) is 0 Å². The molecule has 0 fully saturated rings. The van der Waals surface area contributed by atoms with Gasteiger partial charge in [0, 0.05) is 6.04 Å². The summed E-state index contributed by atoms with van der Waals surface area (Å²) in [4.78, 5) is 11.8. The van der Waals surface area contributed by atoms with Crippen LogP contribution in [0.1, 0.15) is 66.2 Å². The Bertz CT molecular complexity index is 206. The molecule has 3 heteroatoms. The van der Waals surface area contributed by atoms with E-state index in [1.54, 1.807) is 0 Å². The average molecular weight is 242 g/mol. The number of nitrogens with one attached hydrogen (secondary N) is 1. The van der Waals surface area contributed by atoms with E-state index in [-0.39, 0.29) is 23.9 Å². The van der Waals surface area contributed by atoms with Crippen LogP contribution in [0.5, 0.6) is 0 Å². The first-order valence-electron chi connectivity index (χ1n) is 7.08. The predicted molar refractivity (Wildman–Crippen MR) is 73.8 cm³/mol. The summed E-state index contributed by atoms with van der Waals surface area (Å²) >= 11 is 0. The fourth-order valence-corrected chi connectivity index (χ4v) is 1.80. The van der Waals surface area contributed by atoms with E-state index in [0.29, 0.717) is 0 Å². The Labute approximate surface area is 107 Å². The first kappa shape index (κ1) is 16.4. The third-order valence-corrected chi connectivity index (χ3v) is 3.44. The fourth-order valence-electron chi connectivity index (χ4n) is 1.80. The number of rotatable bonds is 9. The first-order valence-corrected chi connectivity index (χ1v) is 7.08. The van der Waals surface area contributed by atoms with Crippen LogP contribution >= 0.6 is 0 Å². The molecule has 0 saturated carbocycles. The Morgan fingerprint density at radius 2 is 1.82 bits per heavy atom. The van der Waals surface area contributed by atoms with Gasteiger partial charge in [-0.1, -0.05) is 52.9 Å². The van der Waals surface area contributed by atoms with Crippen molar-refractivity contribution in [2.45, 2.75) is 78.3 Å². The molecule has 0 heterocycles. The summed E-state index contributed by atoms with van der Waals surface area (Å²) in [6, 6.07) is -0.118. The van der Waals surface area contributed by atoms with Crippen LogP contribution in [0, 0.1) is 5.92 Å². The molecule has 0 saturated heterocycles. The minimum atomic E-state index is -0.363. The fraction of sp³-hybridized carbons (Fsp3) is 0.929. The molecule has 3 N–H and O–H groups in total. The zero-order chi connectivity index (χ0) is 13.3. The van der Waals surface area contributed by atoms with Crippen molar-refractivity contribution in [3.63, 3.8) is 0 Å². The van der Waals surface area contributed by atoms with Crippen molar-refractivity contribution in [3.8, 4) is 0 Å². The molecule has 0 aliphatic rings. The molecule has 102 valence electrons. The zero-order valence-electron chi connectivity index (χ0n) is 12.0. The van der Waals surface area contributed by atoms with Gasteiger partial charge in [-0.3, -0.25) is 4.79 Å². The number of hydrogen-bond acceptors (Lipinski definition) is 2. The Morgan fingerprint density at radius 3 is 2.35 bits per heavy atom. The molecule has 0 aromatic rings. The Kier molecular flexibility index (Phi) is 9.14. The van der Waals surface area contributed by atoms with Crippen LogP contribution in [0.25, 0.3) is 0 Å². The maximum atomic E-state index is 11.8. The summed E-state index contributed by atoms with van der Waals surface area (Å²) < 4.78 is 0. The van der Waals surface area contributed by atoms with Crippen LogP contribution in [0.2, 0.25) is 0 Å². The molecule has 3 nitrogen and oxygen atoms in total. The summed E-state index contributed by atoms with van der Waals surface area (Å²) in [6.07, 6.45) is 6.98. The van der Waals surface area contributed by atoms with Crippen molar-refractivity contribution in [3.05, 3.63) is 0 Å². The highest BCUT2D eigenvalue weighted by molar-refractivity contribution is 5.81. The van der Waals surface area contributed by atoms with E-state index in [2.05, 4.69) is 26.1 Å². The number of hydrogen-bond donors (Lipinski definition) is 2. The molecule has 0 spiro atoms. The Hall–Kier alpha value is -0.570. The number of unbranched alkanes of at least 4 members (excludes halogenated alkanes) is 3. The number of nitrogens with two attached hydrogens (primary N) is 1. The van der Waals surface area contributed by atoms with Crippen molar-refractivity contribution >= 4 is 5.91 Å². The summed E-state index contributed by atoms with van der Waals surface area (Å²) in [7, 11) is 0. The van der Waals surface area contributed by atoms with E-state index in [9.17, 15) is 4.79 Å². The van der Waals surface area contributed by atoms with E-state index in [0.717, 1.165) is 12.8 Å². The zero-order valence-corrected chi connectivity index (χ0v) is 12.0. The molecule has 0 rings (SSSR count). The Balaban J connectivity index is 3.79. The van der Waals surface area contributed by atoms with E-state index in [1.165, 1.54) is 25.7 Å². The van der Waals surface area contributed by atoms with Gasteiger partial charge in [-0.05, 0) is 19.3 Å². The second kappa shape index (κ2) is 9.46. The molecule has 3 atom stereocenters. The van der Waals surface area contributed by atoms with E-state index < -0.39 is 0 Å². The summed E-state index contributed by atoms with van der Waals surface area (Å²) in [5.74, 6) is 0.254. The summed E-state index contributed by atoms with van der Waals surface area (Å²) in [6.45, 7) is 8.35. The molecular formula is C14H30N2O. The van der Waals surface area contributed by atoms with Gasteiger partial charge in [-0.25, -0.2) is 0 Å². The third kappa shape index (κ3) is 7.37. The van der Waals surface area contributed by atoms with Gasteiger partial charge < -0.3 is 11.1 Å². The third-order valence-electron chi connectivity index (χ3n) is 3.44. The molecule has 17 heavy (non-hydrogen) atoms. The first-order chi connectivity index (χ1) is 8.02. The van der Waals surface area contributed by atoms with Crippen molar-refractivity contribution in [2.75, 3.05) is 0 Å². The number of amides is 1. The molecule has 3 unspecified atom stereocenters. The molecule has 0 aliphatic carbocycles. The molecular weight excluding hydrogens is 212 g/mol. The molecule has 0 aromatic heterocycles. The molecule has 0 aliphatic heterocycles. The minimum absolute atomic E-state index is 0.00217. The normalized spacial score (nSPS) is 16.3. The van der Waals surface area contributed by atoms with Crippen LogP contribution in [0.15, 0.2) is 0 Å². The monoisotopic (exact) mass is 242 g/mol. The van der Waals surface area contributed by atoms with Gasteiger partial charge in [-0.2, -0.15) is 0 Å². The van der Waals surface area contributed by atoms with Gasteiger partial charge >= 0.3 is 0 Å². The Morgan fingerprint density at radius 1 is 1.18 bits per heavy atom. The second-order valence-corrected chi connectivity index (χ2v) is 5.17. The highest BCUT2D eigenvalue weighted by Gasteiger charge is 2.20. The largest absolute Gasteiger partial charge is 0.352 e. The maximum Gasteiger partial charge on any atom is 0.237 e. The van der Waals surface area contributed by atoms with Crippen molar-refractivity contribution in [1.82, 2.24) is 5.32 Å². The maximum absolute atomic E-state index is 11.8. The van der Waals surface area contributed by atoms with Gasteiger partial charge in [0.1, 0.15) is 0 Å². The van der Waals surface area contributed by atoms with Crippen LogP contribution in [0.3, 0.4) is 0 Å². The number of carbonyl (C=O) groups is 1. The molecule has 1 amide bonds. The van der Waals surface area contributed by atoms with E-state index in [1.807, 2.05) is 6.92 Å². The smallest absolute Gasteiger partial charge is 0.237 e. The molecule has 0 radical (unpaired) electrons. The van der Waals surface area contributed by atoms with Crippen molar-refractivity contribution in [2.24, 2.45) is 11.7 Å². The lowest BCUT2D eigenvalue weighted by molar-refractivity contribution is -0.124. The second-order valence-electron chi connectivity index (χ2n) is 5.17. The van der Waals surface area contributed by atoms with Crippen LogP contribution < -0.4 is 11.1 Å².